The molecule has 3 heterocycles. The first-order valence-electron chi connectivity index (χ1n) is 8.59. The van der Waals surface area contributed by atoms with Gasteiger partial charge in [-0.25, -0.2) is 9.48 Å². The number of aromatic amines is 1. The van der Waals surface area contributed by atoms with Gasteiger partial charge in [0.05, 0.1) is 18.4 Å². The number of thiophene rings is 1. The van der Waals surface area contributed by atoms with Crippen LogP contribution in [0.15, 0.2) is 26.6 Å². The van der Waals surface area contributed by atoms with Crippen LogP contribution >= 0.6 is 11.3 Å². The average molecular weight is 416 g/mol. The fraction of sp³-hybridized carbons (Fsp3) is 0.471. The second-order valence-electron chi connectivity index (χ2n) is 6.79. The van der Waals surface area contributed by atoms with E-state index in [0.717, 1.165) is 20.5 Å². The Kier molecular flexibility index (Phi) is 5.13. The van der Waals surface area contributed by atoms with Gasteiger partial charge in [-0.15, -0.1) is 11.3 Å². The standard InChI is InChI=1S/C17H19F3N4O3S/c1-9(2)24-14(26)13-10(3)11(8-23-12(25)4-6-21-23)28-15(13)22(16(24)27)7-5-17(18,19)20/h4,6,9,21H,5,7-8H2,1-3H3. The average Bonchev–Trinajstić information content (AvgIpc) is 3.10. The predicted molar refractivity (Wildman–Crippen MR) is 100 cm³/mol. The van der Waals surface area contributed by atoms with E-state index in [1.807, 2.05) is 0 Å². The fourth-order valence-electron chi connectivity index (χ4n) is 3.07. The van der Waals surface area contributed by atoms with Crippen LogP contribution in [0.5, 0.6) is 0 Å². The molecule has 0 unspecified atom stereocenters. The van der Waals surface area contributed by atoms with Crippen molar-refractivity contribution >= 4 is 21.6 Å². The lowest BCUT2D eigenvalue weighted by Crippen LogP contribution is -2.41. The Morgan fingerprint density at radius 3 is 2.43 bits per heavy atom. The summed E-state index contributed by atoms with van der Waals surface area (Å²) >= 11 is 1.06. The summed E-state index contributed by atoms with van der Waals surface area (Å²) in [5, 5.41) is 2.97. The van der Waals surface area contributed by atoms with Gasteiger partial charge < -0.3 is 5.10 Å². The maximum absolute atomic E-state index is 12.9. The number of rotatable bonds is 5. The number of nitrogens with zero attached hydrogens (tertiary/aromatic N) is 3. The van der Waals surface area contributed by atoms with Gasteiger partial charge in [0.1, 0.15) is 4.83 Å². The molecule has 0 radical (unpaired) electrons. The molecule has 0 spiro atoms. The molecule has 0 aliphatic heterocycles. The number of hydrogen-bond donors (Lipinski definition) is 1. The first-order valence-corrected chi connectivity index (χ1v) is 9.41. The molecule has 0 aliphatic rings. The number of fused-ring (bicyclic) bond motifs is 1. The number of nitrogens with one attached hydrogen (secondary N) is 1. The number of aromatic nitrogens is 4. The minimum atomic E-state index is -4.43. The van der Waals surface area contributed by atoms with Crippen LogP contribution in [0, 0.1) is 6.92 Å². The van der Waals surface area contributed by atoms with E-state index in [0.29, 0.717) is 10.4 Å². The quantitative estimate of drug-likeness (QED) is 0.694. The molecule has 1 N–H and O–H groups in total. The highest BCUT2D eigenvalue weighted by atomic mass is 32.1. The predicted octanol–water partition coefficient (Wildman–Crippen LogP) is 2.60. The zero-order chi connectivity index (χ0) is 20.8. The highest BCUT2D eigenvalue weighted by molar-refractivity contribution is 7.18. The zero-order valence-corrected chi connectivity index (χ0v) is 16.3. The number of hydrogen-bond acceptors (Lipinski definition) is 4. The number of aryl methyl sites for hydroxylation is 2. The van der Waals surface area contributed by atoms with Gasteiger partial charge >= 0.3 is 11.9 Å². The van der Waals surface area contributed by atoms with E-state index in [1.165, 1.54) is 16.9 Å². The molecule has 0 aromatic carbocycles. The molecule has 0 aliphatic carbocycles. The molecule has 7 nitrogen and oxygen atoms in total. The van der Waals surface area contributed by atoms with E-state index >= 15 is 0 Å². The smallest absolute Gasteiger partial charge is 0.303 e. The summed E-state index contributed by atoms with van der Waals surface area (Å²) in [5.41, 5.74) is -1.01. The molecule has 0 saturated carbocycles. The van der Waals surface area contributed by atoms with E-state index in [-0.39, 0.29) is 22.3 Å². The molecule has 0 atom stereocenters. The van der Waals surface area contributed by atoms with Crippen molar-refractivity contribution in [2.75, 3.05) is 0 Å². The lowest BCUT2D eigenvalue weighted by atomic mass is 10.2. The molecule has 3 aromatic heterocycles. The Bertz CT molecular complexity index is 1190. The van der Waals surface area contributed by atoms with Gasteiger partial charge in [-0.3, -0.25) is 18.7 Å². The maximum atomic E-state index is 12.9. The second kappa shape index (κ2) is 7.12. The summed E-state index contributed by atoms with van der Waals surface area (Å²) in [6.07, 6.45) is -4.14. The van der Waals surface area contributed by atoms with Crippen molar-refractivity contribution in [1.82, 2.24) is 18.9 Å². The van der Waals surface area contributed by atoms with Gasteiger partial charge in [0.15, 0.2) is 0 Å². The van der Waals surface area contributed by atoms with Gasteiger partial charge in [-0.05, 0) is 26.3 Å². The van der Waals surface area contributed by atoms with Crippen molar-refractivity contribution in [3.8, 4) is 0 Å². The molecule has 0 amide bonds. The highest BCUT2D eigenvalue weighted by Crippen LogP contribution is 2.29. The summed E-state index contributed by atoms with van der Waals surface area (Å²) < 4.78 is 41.6. The monoisotopic (exact) mass is 416 g/mol. The zero-order valence-electron chi connectivity index (χ0n) is 15.5. The molecule has 0 fully saturated rings. The summed E-state index contributed by atoms with van der Waals surface area (Å²) in [5.74, 6) is 0. The summed E-state index contributed by atoms with van der Waals surface area (Å²) in [7, 11) is 0. The third-order valence-corrected chi connectivity index (χ3v) is 5.80. The first-order chi connectivity index (χ1) is 13.0. The van der Waals surface area contributed by atoms with Crippen LogP contribution in [0.4, 0.5) is 13.2 Å². The lowest BCUT2D eigenvalue weighted by molar-refractivity contribution is -0.136. The summed E-state index contributed by atoms with van der Waals surface area (Å²) in [4.78, 5) is 38.3. The summed E-state index contributed by atoms with van der Waals surface area (Å²) in [6.45, 7) is 4.49. The maximum Gasteiger partial charge on any atom is 0.390 e. The van der Waals surface area contributed by atoms with Crippen molar-refractivity contribution in [1.29, 1.82) is 0 Å². The third kappa shape index (κ3) is 3.58. The van der Waals surface area contributed by atoms with E-state index in [9.17, 15) is 27.6 Å². The molecular weight excluding hydrogens is 397 g/mol. The Morgan fingerprint density at radius 1 is 1.21 bits per heavy atom. The van der Waals surface area contributed by atoms with Crippen molar-refractivity contribution in [3.63, 3.8) is 0 Å². The SMILES string of the molecule is Cc1c(Cn2[nH]ccc2=O)sc2c1c(=O)n(C(C)C)c(=O)n2CCC(F)(F)F. The number of H-pyrrole nitrogens is 1. The second-order valence-corrected chi connectivity index (χ2v) is 7.87. The van der Waals surface area contributed by atoms with Gasteiger partial charge in [-0.2, -0.15) is 13.2 Å². The van der Waals surface area contributed by atoms with Gasteiger partial charge in [0.25, 0.3) is 11.1 Å². The first kappa shape index (κ1) is 20.2. The van der Waals surface area contributed by atoms with Crippen molar-refractivity contribution < 1.29 is 13.2 Å². The molecule has 0 bridgehead atoms. The van der Waals surface area contributed by atoms with E-state index < -0.39 is 36.4 Å². The molecule has 0 saturated heterocycles. The molecule has 3 aromatic rings. The van der Waals surface area contributed by atoms with Crippen molar-refractivity contribution in [2.24, 2.45) is 0 Å². The lowest BCUT2D eigenvalue weighted by Gasteiger charge is -2.15. The van der Waals surface area contributed by atoms with Gasteiger partial charge in [0.2, 0.25) is 0 Å². The molecule has 152 valence electrons. The van der Waals surface area contributed by atoms with E-state index in [2.05, 4.69) is 5.10 Å². The van der Waals surface area contributed by atoms with Crippen molar-refractivity contribution in [3.05, 3.63) is 53.9 Å². The van der Waals surface area contributed by atoms with Gasteiger partial charge in [-0.1, -0.05) is 0 Å². The van der Waals surface area contributed by atoms with Crippen LogP contribution in [0.3, 0.4) is 0 Å². The Labute approximate surface area is 160 Å². The Balaban J connectivity index is 2.26. The van der Waals surface area contributed by atoms with E-state index in [4.69, 9.17) is 0 Å². The minimum Gasteiger partial charge on any atom is -0.303 e. The van der Waals surface area contributed by atoms with Crippen LogP contribution in [-0.4, -0.2) is 25.1 Å². The summed E-state index contributed by atoms with van der Waals surface area (Å²) in [6, 6.07) is 0.837. The Morgan fingerprint density at radius 2 is 1.89 bits per heavy atom. The van der Waals surface area contributed by atoms with Gasteiger partial charge in [0, 0.05) is 29.7 Å². The molecule has 3 rings (SSSR count). The van der Waals surface area contributed by atoms with Crippen molar-refractivity contribution in [2.45, 2.75) is 52.5 Å². The third-order valence-electron chi connectivity index (χ3n) is 4.50. The van der Waals surface area contributed by atoms with E-state index in [1.54, 1.807) is 20.8 Å². The minimum absolute atomic E-state index is 0.131. The Hall–Kier alpha value is -2.56. The molecule has 28 heavy (non-hydrogen) atoms. The van der Waals surface area contributed by atoms with Crippen LogP contribution in [0.2, 0.25) is 0 Å². The van der Waals surface area contributed by atoms with Crippen LogP contribution < -0.4 is 16.8 Å². The topological polar surface area (TPSA) is 81.8 Å². The number of halogens is 3. The van der Waals surface area contributed by atoms with Crippen LogP contribution in [0.25, 0.3) is 10.2 Å². The number of alkyl halides is 3. The molecule has 11 heteroatoms. The largest absolute Gasteiger partial charge is 0.390 e. The normalized spacial score (nSPS) is 12.4. The fourth-order valence-corrected chi connectivity index (χ4v) is 4.38. The van der Waals surface area contributed by atoms with Crippen LogP contribution in [-0.2, 0) is 13.1 Å². The highest BCUT2D eigenvalue weighted by Gasteiger charge is 2.29. The van der Waals surface area contributed by atoms with Crippen LogP contribution in [0.1, 0.15) is 36.8 Å². The molecular formula is C17H19F3N4O3S.